The first-order valence-electron chi connectivity index (χ1n) is 7.22. The smallest absolute Gasteiger partial charge is 0.318 e. The fraction of sp³-hybridized carbons (Fsp3) is 0.846. The second-order valence-corrected chi connectivity index (χ2v) is 4.81. The molecule has 0 amide bonds. The molecule has 0 spiro atoms. The summed E-state index contributed by atoms with van der Waals surface area (Å²) in [5.41, 5.74) is 0. The highest BCUT2D eigenvalue weighted by atomic mass is 16.5. The number of hydrogen-bond acceptors (Lipinski definition) is 7. The van der Waals surface area contributed by atoms with E-state index in [0.29, 0.717) is 25.1 Å². The molecule has 1 saturated heterocycles. The molecule has 1 atom stereocenters. The van der Waals surface area contributed by atoms with Crippen LogP contribution in [-0.2, 0) is 16.0 Å². The van der Waals surface area contributed by atoms with E-state index < -0.39 is 0 Å². The van der Waals surface area contributed by atoms with Crippen molar-refractivity contribution < 1.29 is 13.9 Å². The third-order valence-electron chi connectivity index (χ3n) is 3.27. The first kappa shape index (κ1) is 15.2. The van der Waals surface area contributed by atoms with Gasteiger partial charge in [-0.15, -0.1) is 5.10 Å². The predicted molar refractivity (Wildman–Crippen MR) is 74.7 cm³/mol. The summed E-state index contributed by atoms with van der Waals surface area (Å²) in [7, 11) is 1.68. The SMILES string of the molecule is CCOC1CCCN(c2nnc(CNCCOC)o2)C1. The standard InChI is InChI=1S/C13H24N4O3/c1-3-19-11-5-4-7-17(10-11)13-16-15-12(20-13)9-14-6-8-18-2/h11,14H,3-10H2,1-2H3. The maximum Gasteiger partial charge on any atom is 0.318 e. The van der Waals surface area contributed by atoms with E-state index in [1.165, 1.54) is 0 Å². The minimum absolute atomic E-state index is 0.268. The van der Waals surface area contributed by atoms with E-state index in [-0.39, 0.29) is 6.10 Å². The topological polar surface area (TPSA) is 72.7 Å². The van der Waals surface area contributed by atoms with Gasteiger partial charge in [0.2, 0.25) is 5.89 Å². The third kappa shape index (κ3) is 4.43. The number of methoxy groups -OCH3 is 1. The van der Waals surface area contributed by atoms with E-state index in [1.54, 1.807) is 7.11 Å². The van der Waals surface area contributed by atoms with Gasteiger partial charge in [-0.3, -0.25) is 0 Å². The summed E-state index contributed by atoms with van der Waals surface area (Å²) in [5.74, 6) is 0.606. The summed E-state index contributed by atoms with van der Waals surface area (Å²) in [6, 6.07) is 0.595. The van der Waals surface area contributed by atoms with E-state index in [4.69, 9.17) is 13.9 Å². The molecular weight excluding hydrogens is 260 g/mol. The van der Waals surface area contributed by atoms with Crippen LogP contribution in [0.15, 0.2) is 4.42 Å². The van der Waals surface area contributed by atoms with Crippen LogP contribution in [0, 0.1) is 0 Å². The van der Waals surface area contributed by atoms with Crippen molar-refractivity contribution in [1.82, 2.24) is 15.5 Å². The molecule has 0 bridgehead atoms. The molecule has 1 N–H and O–H groups in total. The molecule has 7 heteroatoms. The normalized spacial score (nSPS) is 19.5. The zero-order chi connectivity index (χ0) is 14.2. The minimum Gasteiger partial charge on any atom is -0.407 e. The van der Waals surface area contributed by atoms with Gasteiger partial charge in [0.15, 0.2) is 0 Å². The Bertz CT molecular complexity index is 383. The van der Waals surface area contributed by atoms with Gasteiger partial charge >= 0.3 is 6.01 Å². The third-order valence-corrected chi connectivity index (χ3v) is 3.27. The van der Waals surface area contributed by atoms with E-state index in [9.17, 15) is 0 Å². The molecule has 7 nitrogen and oxygen atoms in total. The average Bonchev–Trinajstić information content (AvgIpc) is 2.93. The van der Waals surface area contributed by atoms with Crippen LogP contribution in [0.3, 0.4) is 0 Å². The fourth-order valence-electron chi connectivity index (χ4n) is 2.30. The van der Waals surface area contributed by atoms with Crippen molar-refractivity contribution in [2.45, 2.75) is 32.4 Å². The number of anilines is 1. The molecule has 1 aliphatic heterocycles. The Morgan fingerprint density at radius 2 is 2.35 bits per heavy atom. The Morgan fingerprint density at radius 3 is 3.15 bits per heavy atom. The van der Waals surface area contributed by atoms with Gasteiger partial charge < -0.3 is 24.1 Å². The summed E-state index contributed by atoms with van der Waals surface area (Å²) < 4.78 is 16.3. The molecule has 0 radical (unpaired) electrons. The van der Waals surface area contributed by atoms with Crippen molar-refractivity contribution in [3.8, 4) is 0 Å². The number of ether oxygens (including phenoxy) is 2. The number of aromatic nitrogens is 2. The summed E-state index contributed by atoms with van der Waals surface area (Å²) in [5, 5.41) is 11.4. The zero-order valence-corrected chi connectivity index (χ0v) is 12.3. The highest BCUT2D eigenvalue weighted by molar-refractivity contribution is 5.25. The molecule has 2 heterocycles. The first-order chi connectivity index (χ1) is 9.83. The van der Waals surface area contributed by atoms with Crippen molar-refractivity contribution >= 4 is 6.01 Å². The van der Waals surface area contributed by atoms with Gasteiger partial charge in [0.05, 0.1) is 19.3 Å². The summed E-state index contributed by atoms with van der Waals surface area (Å²) in [4.78, 5) is 2.11. The second-order valence-electron chi connectivity index (χ2n) is 4.81. The van der Waals surface area contributed by atoms with Crippen LogP contribution in [0.4, 0.5) is 6.01 Å². The molecule has 0 saturated carbocycles. The largest absolute Gasteiger partial charge is 0.407 e. The quantitative estimate of drug-likeness (QED) is 0.708. The van der Waals surface area contributed by atoms with Crippen LogP contribution < -0.4 is 10.2 Å². The summed E-state index contributed by atoms with van der Waals surface area (Å²) in [6.07, 6.45) is 2.46. The predicted octanol–water partition coefficient (Wildman–Crippen LogP) is 0.811. The van der Waals surface area contributed by atoms with Gasteiger partial charge in [-0.1, -0.05) is 5.10 Å². The van der Waals surface area contributed by atoms with Gasteiger partial charge in [0.25, 0.3) is 0 Å². The van der Waals surface area contributed by atoms with E-state index in [1.807, 2.05) is 6.92 Å². The highest BCUT2D eigenvalue weighted by Gasteiger charge is 2.23. The van der Waals surface area contributed by atoms with E-state index >= 15 is 0 Å². The molecule has 20 heavy (non-hydrogen) atoms. The molecule has 1 fully saturated rings. The molecule has 1 aromatic rings. The summed E-state index contributed by atoms with van der Waals surface area (Å²) >= 11 is 0. The number of hydrogen-bond donors (Lipinski definition) is 1. The van der Waals surface area contributed by atoms with Crippen molar-refractivity contribution in [3.63, 3.8) is 0 Å². The molecule has 0 aliphatic carbocycles. The number of rotatable bonds is 8. The van der Waals surface area contributed by atoms with Crippen LogP contribution in [0.25, 0.3) is 0 Å². The lowest BCUT2D eigenvalue weighted by molar-refractivity contribution is 0.0516. The van der Waals surface area contributed by atoms with Crippen molar-refractivity contribution in [2.24, 2.45) is 0 Å². The van der Waals surface area contributed by atoms with E-state index in [2.05, 4.69) is 20.4 Å². The van der Waals surface area contributed by atoms with Crippen LogP contribution in [0.2, 0.25) is 0 Å². The Labute approximate surface area is 119 Å². The molecule has 1 aromatic heterocycles. The number of nitrogens with one attached hydrogen (secondary N) is 1. The van der Waals surface area contributed by atoms with Crippen molar-refractivity contribution in [2.75, 3.05) is 44.9 Å². The highest BCUT2D eigenvalue weighted by Crippen LogP contribution is 2.20. The lowest BCUT2D eigenvalue weighted by Crippen LogP contribution is -2.39. The van der Waals surface area contributed by atoms with Gasteiger partial charge in [-0.2, -0.15) is 0 Å². The molecule has 2 rings (SSSR count). The van der Waals surface area contributed by atoms with Gasteiger partial charge in [0, 0.05) is 33.4 Å². The van der Waals surface area contributed by atoms with Crippen molar-refractivity contribution in [3.05, 3.63) is 5.89 Å². The fourth-order valence-corrected chi connectivity index (χ4v) is 2.30. The molecule has 0 aromatic carbocycles. The Kier molecular flexibility index (Phi) is 6.23. The Balaban J connectivity index is 1.81. The van der Waals surface area contributed by atoms with Gasteiger partial charge in [-0.25, -0.2) is 0 Å². The van der Waals surface area contributed by atoms with Crippen LogP contribution in [-0.4, -0.2) is 56.3 Å². The molecule has 1 unspecified atom stereocenters. The molecule has 114 valence electrons. The minimum atomic E-state index is 0.268. The first-order valence-corrected chi connectivity index (χ1v) is 7.22. The van der Waals surface area contributed by atoms with Gasteiger partial charge in [-0.05, 0) is 19.8 Å². The lowest BCUT2D eigenvalue weighted by Gasteiger charge is -2.30. The maximum absolute atomic E-state index is 5.68. The second kappa shape index (κ2) is 8.18. The summed E-state index contributed by atoms with van der Waals surface area (Å²) in [6.45, 7) is 6.55. The molecular formula is C13H24N4O3. The monoisotopic (exact) mass is 284 g/mol. The van der Waals surface area contributed by atoms with Gasteiger partial charge in [0.1, 0.15) is 0 Å². The lowest BCUT2D eigenvalue weighted by atomic mass is 10.1. The number of nitrogens with zero attached hydrogens (tertiary/aromatic N) is 3. The maximum atomic E-state index is 5.68. The van der Waals surface area contributed by atoms with E-state index in [0.717, 1.165) is 39.1 Å². The zero-order valence-electron chi connectivity index (χ0n) is 12.3. The Morgan fingerprint density at radius 1 is 1.45 bits per heavy atom. The molecule has 1 aliphatic rings. The van der Waals surface area contributed by atoms with Crippen LogP contribution in [0.5, 0.6) is 0 Å². The average molecular weight is 284 g/mol. The van der Waals surface area contributed by atoms with Crippen LogP contribution >= 0.6 is 0 Å². The van der Waals surface area contributed by atoms with Crippen LogP contribution in [0.1, 0.15) is 25.7 Å². The Hall–Kier alpha value is -1.18. The number of piperidine rings is 1. The van der Waals surface area contributed by atoms with Crippen molar-refractivity contribution in [1.29, 1.82) is 0 Å².